The number of carbonyl (C=O) groups excluding carboxylic acids is 3. The van der Waals surface area contributed by atoms with Crippen LogP contribution in [0.5, 0.6) is 0 Å². The van der Waals surface area contributed by atoms with Crippen LogP contribution in [0, 0.1) is 23.2 Å². The molecule has 3 amide bonds. The summed E-state index contributed by atoms with van der Waals surface area (Å²) in [6.07, 6.45) is 6.24. The Bertz CT molecular complexity index is 1310. The number of amides is 3. The highest BCUT2D eigenvalue weighted by atomic mass is 32.2. The standard InChI is InChI=1S/C38H57N3O4S/c1-11-20-39(23-27-16-14-13-15-17-27)32(43)29-30-33(44)41(28(24-42)22-26(3)4)31(38(30)19-18-37(29,10)46-38)34(45)40(21-12-2)36(8,9)25-35(5,6)7/h11-17,26,28-31,42H,1-2,18-25H2,3-10H3/t28-,29-,30+,31?,37+,38?/m1/s1. The summed E-state index contributed by atoms with van der Waals surface area (Å²) in [6, 6.07) is 8.58. The fourth-order valence-electron chi connectivity index (χ4n) is 8.93. The molecule has 3 fully saturated rings. The number of aliphatic hydroxyl groups is 1. The van der Waals surface area contributed by atoms with Crippen LogP contribution >= 0.6 is 11.8 Å². The predicted molar refractivity (Wildman–Crippen MR) is 188 cm³/mol. The van der Waals surface area contributed by atoms with Gasteiger partial charge in [-0.15, -0.1) is 24.9 Å². The smallest absolute Gasteiger partial charge is 0.247 e. The van der Waals surface area contributed by atoms with Crippen LogP contribution in [0.1, 0.15) is 86.6 Å². The van der Waals surface area contributed by atoms with Crippen molar-refractivity contribution in [3.05, 3.63) is 61.2 Å². The SMILES string of the molecule is C=CCN(Cc1ccccc1)C(=O)[C@H]1[C@H]2C(=O)N([C@@H](CO)CC(C)C)C(C(=O)N(CC=C)C(C)(C)CC(C)(C)C)C23CC[C@]1(C)S3. The molecule has 1 aromatic carbocycles. The van der Waals surface area contributed by atoms with Crippen molar-refractivity contribution in [3.8, 4) is 0 Å². The van der Waals surface area contributed by atoms with Crippen molar-refractivity contribution in [2.24, 2.45) is 23.2 Å². The first-order valence-corrected chi connectivity index (χ1v) is 17.8. The summed E-state index contributed by atoms with van der Waals surface area (Å²) >= 11 is 1.69. The summed E-state index contributed by atoms with van der Waals surface area (Å²) < 4.78 is -1.26. The second-order valence-electron chi connectivity index (χ2n) is 16.2. The van der Waals surface area contributed by atoms with Crippen molar-refractivity contribution >= 4 is 29.5 Å². The Morgan fingerprint density at radius 3 is 2.24 bits per heavy atom. The van der Waals surface area contributed by atoms with Gasteiger partial charge in [0.2, 0.25) is 17.7 Å². The number of thioether (sulfide) groups is 1. The molecule has 8 heteroatoms. The fraction of sp³-hybridized carbons (Fsp3) is 0.658. The van der Waals surface area contributed by atoms with E-state index in [2.05, 4.69) is 68.5 Å². The average molecular weight is 652 g/mol. The molecular weight excluding hydrogens is 595 g/mol. The van der Waals surface area contributed by atoms with Crippen LogP contribution < -0.4 is 0 Å². The number of rotatable bonds is 14. The Labute approximate surface area is 281 Å². The Kier molecular flexibility index (Phi) is 10.6. The summed E-state index contributed by atoms with van der Waals surface area (Å²) in [4.78, 5) is 50.3. The van der Waals surface area contributed by atoms with Crippen LogP contribution in [-0.4, -0.2) is 84.3 Å². The number of fused-ring (bicyclic) bond motifs is 1. The van der Waals surface area contributed by atoms with Crippen molar-refractivity contribution in [2.75, 3.05) is 19.7 Å². The first-order chi connectivity index (χ1) is 21.5. The van der Waals surface area contributed by atoms with Crippen molar-refractivity contribution in [1.29, 1.82) is 0 Å². The van der Waals surface area contributed by atoms with E-state index in [-0.39, 0.29) is 35.7 Å². The van der Waals surface area contributed by atoms with Gasteiger partial charge in [0.1, 0.15) is 6.04 Å². The molecule has 1 aromatic rings. The van der Waals surface area contributed by atoms with E-state index in [1.807, 2.05) is 40.1 Å². The number of hydrogen-bond acceptors (Lipinski definition) is 5. The highest BCUT2D eigenvalue weighted by molar-refractivity contribution is 8.02. The molecule has 3 heterocycles. The third-order valence-corrected chi connectivity index (χ3v) is 12.2. The molecular formula is C38H57N3O4S. The molecule has 6 atom stereocenters. The van der Waals surface area contributed by atoms with Crippen LogP contribution in [0.3, 0.4) is 0 Å². The normalized spacial score (nSPS) is 27.9. The Balaban J connectivity index is 1.84. The van der Waals surface area contributed by atoms with Crippen molar-refractivity contribution < 1.29 is 19.5 Å². The molecule has 2 unspecified atom stereocenters. The second-order valence-corrected chi connectivity index (χ2v) is 18.1. The summed E-state index contributed by atoms with van der Waals surface area (Å²) in [5.74, 6) is -1.38. The minimum atomic E-state index is -0.785. The van der Waals surface area contributed by atoms with Gasteiger partial charge in [0, 0.05) is 29.9 Å². The largest absolute Gasteiger partial charge is 0.394 e. The Morgan fingerprint density at radius 2 is 1.70 bits per heavy atom. The molecule has 3 aliphatic rings. The van der Waals surface area contributed by atoms with Gasteiger partial charge in [-0.05, 0) is 63.4 Å². The molecule has 1 N–H and O–H groups in total. The van der Waals surface area contributed by atoms with E-state index in [1.54, 1.807) is 28.8 Å². The Hall–Kier alpha value is -2.58. The van der Waals surface area contributed by atoms with Gasteiger partial charge in [0.05, 0.1) is 29.2 Å². The van der Waals surface area contributed by atoms with E-state index in [0.717, 1.165) is 18.4 Å². The van der Waals surface area contributed by atoms with Gasteiger partial charge in [0.15, 0.2) is 0 Å². The molecule has 7 nitrogen and oxygen atoms in total. The zero-order valence-electron chi connectivity index (χ0n) is 29.4. The quantitative estimate of drug-likeness (QED) is 0.238. The zero-order chi connectivity index (χ0) is 34.2. The minimum Gasteiger partial charge on any atom is -0.394 e. The van der Waals surface area contributed by atoms with E-state index in [1.165, 1.54) is 0 Å². The van der Waals surface area contributed by atoms with Crippen molar-refractivity contribution in [2.45, 2.75) is 115 Å². The van der Waals surface area contributed by atoms with Crippen LogP contribution in [0.2, 0.25) is 0 Å². The number of nitrogens with zero attached hydrogens (tertiary/aromatic N) is 3. The lowest BCUT2D eigenvalue weighted by Gasteiger charge is -2.46. The van der Waals surface area contributed by atoms with Gasteiger partial charge >= 0.3 is 0 Å². The van der Waals surface area contributed by atoms with E-state index < -0.39 is 39.0 Å². The fourth-order valence-corrected chi connectivity index (χ4v) is 11.3. The summed E-state index contributed by atoms with van der Waals surface area (Å²) in [5, 5.41) is 10.8. The topological polar surface area (TPSA) is 81.2 Å². The van der Waals surface area contributed by atoms with E-state index >= 15 is 4.79 Å². The van der Waals surface area contributed by atoms with Crippen LogP contribution in [-0.2, 0) is 20.9 Å². The van der Waals surface area contributed by atoms with Crippen LogP contribution in [0.15, 0.2) is 55.6 Å². The number of benzene rings is 1. The highest BCUT2D eigenvalue weighted by Gasteiger charge is 2.78. The summed E-state index contributed by atoms with van der Waals surface area (Å²) in [6.45, 7) is 25.8. The number of carbonyl (C=O) groups is 3. The molecule has 0 aliphatic carbocycles. The maximum absolute atomic E-state index is 15.2. The van der Waals surface area contributed by atoms with E-state index in [0.29, 0.717) is 32.5 Å². The monoisotopic (exact) mass is 651 g/mol. The predicted octanol–water partition coefficient (Wildman–Crippen LogP) is 6.32. The molecule has 254 valence electrons. The minimum absolute atomic E-state index is 0.0423. The van der Waals surface area contributed by atoms with Crippen LogP contribution in [0.4, 0.5) is 0 Å². The summed E-state index contributed by atoms with van der Waals surface area (Å²) in [5.41, 5.74) is 0.454. The van der Waals surface area contributed by atoms with Gasteiger partial charge in [-0.25, -0.2) is 0 Å². The molecule has 46 heavy (non-hydrogen) atoms. The molecule has 0 saturated carbocycles. The zero-order valence-corrected chi connectivity index (χ0v) is 30.2. The maximum Gasteiger partial charge on any atom is 0.247 e. The number of hydrogen-bond donors (Lipinski definition) is 1. The third-order valence-electron chi connectivity index (χ3n) is 10.2. The highest BCUT2D eigenvalue weighted by Crippen LogP contribution is 2.72. The van der Waals surface area contributed by atoms with E-state index in [4.69, 9.17) is 0 Å². The maximum atomic E-state index is 15.2. The molecule has 4 rings (SSSR count). The molecule has 0 aromatic heterocycles. The summed E-state index contributed by atoms with van der Waals surface area (Å²) in [7, 11) is 0. The van der Waals surface area contributed by atoms with Gasteiger partial charge in [-0.2, -0.15) is 0 Å². The molecule has 3 saturated heterocycles. The van der Waals surface area contributed by atoms with Gasteiger partial charge in [-0.1, -0.05) is 77.1 Å². The third kappa shape index (κ3) is 6.71. The van der Waals surface area contributed by atoms with Gasteiger partial charge in [-0.3, -0.25) is 14.4 Å². The first kappa shape index (κ1) is 36.3. The lowest BCUT2D eigenvalue weighted by atomic mass is 9.66. The number of likely N-dealkylation sites (tertiary alicyclic amines) is 1. The molecule has 2 bridgehead atoms. The van der Waals surface area contributed by atoms with Crippen molar-refractivity contribution in [1.82, 2.24) is 14.7 Å². The molecule has 1 spiro atoms. The lowest BCUT2D eigenvalue weighted by molar-refractivity contribution is -0.150. The Morgan fingerprint density at radius 1 is 1.07 bits per heavy atom. The lowest BCUT2D eigenvalue weighted by Crippen LogP contribution is -2.61. The molecule has 3 aliphatic heterocycles. The van der Waals surface area contributed by atoms with Gasteiger partial charge in [0.25, 0.3) is 0 Å². The van der Waals surface area contributed by atoms with Crippen LogP contribution in [0.25, 0.3) is 0 Å². The average Bonchev–Trinajstić information content (AvgIpc) is 3.53. The number of aliphatic hydroxyl groups excluding tert-OH is 1. The van der Waals surface area contributed by atoms with E-state index in [9.17, 15) is 14.7 Å². The van der Waals surface area contributed by atoms with Crippen molar-refractivity contribution in [3.63, 3.8) is 0 Å². The second kappa shape index (κ2) is 13.5. The first-order valence-electron chi connectivity index (χ1n) is 17.0. The van der Waals surface area contributed by atoms with Gasteiger partial charge < -0.3 is 19.8 Å². The molecule has 0 radical (unpaired) electrons.